The van der Waals surface area contributed by atoms with Gasteiger partial charge in [-0.3, -0.25) is 4.79 Å². The highest BCUT2D eigenvalue weighted by molar-refractivity contribution is 5.69. The maximum atomic E-state index is 11.6. The molecule has 0 spiro atoms. The molecule has 0 unspecified atom stereocenters. The number of aryl methyl sites for hydroxylation is 1. The lowest BCUT2D eigenvalue weighted by Crippen LogP contribution is -2.27. The van der Waals surface area contributed by atoms with Gasteiger partial charge in [0.2, 0.25) is 0 Å². The van der Waals surface area contributed by atoms with Crippen LogP contribution in [0.5, 0.6) is 0 Å². The zero-order valence-electron chi connectivity index (χ0n) is 21.6. The second-order valence-corrected chi connectivity index (χ2v) is 10.2. The Balaban J connectivity index is 1.83. The van der Waals surface area contributed by atoms with Crippen molar-refractivity contribution in [2.75, 3.05) is 0 Å². The summed E-state index contributed by atoms with van der Waals surface area (Å²) in [6.45, 7) is 7.80. The van der Waals surface area contributed by atoms with Crippen molar-refractivity contribution in [2.24, 2.45) is 11.8 Å². The van der Waals surface area contributed by atoms with Gasteiger partial charge in [-0.1, -0.05) is 42.5 Å². The van der Waals surface area contributed by atoms with E-state index in [0.29, 0.717) is 12.8 Å². The third-order valence-corrected chi connectivity index (χ3v) is 6.58. The molecule has 1 aliphatic rings. The normalized spacial score (nSPS) is 23.8. The van der Waals surface area contributed by atoms with Gasteiger partial charge in [0.15, 0.2) is 0 Å². The van der Waals surface area contributed by atoms with Gasteiger partial charge >= 0.3 is 5.97 Å². The van der Waals surface area contributed by atoms with Crippen LogP contribution >= 0.6 is 0 Å². The first kappa shape index (κ1) is 28.5. The molecule has 1 aromatic carbocycles. The van der Waals surface area contributed by atoms with Gasteiger partial charge in [-0.25, -0.2) is 0 Å². The third kappa shape index (κ3) is 10.7. The number of unbranched alkanes of at least 4 members (excludes halogenated alkanes) is 1. The van der Waals surface area contributed by atoms with E-state index in [0.717, 1.165) is 44.9 Å². The number of hydrogen-bond donors (Lipinski definition) is 2. The Kier molecular flexibility index (Phi) is 12.9. The molecule has 5 atom stereocenters. The van der Waals surface area contributed by atoms with Crippen molar-refractivity contribution in [3.05, 3.63) is 48.0 Å². The smallest absolute Gasteiger partial charge is 0.306 e. The number of rotatable bonds is 15. The number of benzene rings is 1. The molecule has 1 fully saturated rings. The number of carbonyl (C=O) groups is 1. The van der Waals surface area contributed by atoms with Crippen molar-refractivity contribution >= 4 is 5.97 Å². The van der Waals surface area contributed by atoms with Crippen molar-refractivity contribution in [3.63, 3.8) is 0 Å². The summed E-state index contributed by atoms with van der Waals surface area (Å²) < 4.78 is 11.3. The van der Waals surface area contributed by atoms with E-state index in [9.17, 15) is 15.0 Å². The number of aliphatic hydroxyl groups excluding tert-OH is 2. The maximum Gasteiger partial charge on any atom is 0.306 e. The van der Waals surface area contributed by atoms with Gasteiger partial charge < -0.3 is 19.7 Å². The predicted octanol–water partition coefficient (Wildman–Crippen LogP) is 5.62. The number of allylic oxidation sites excluding steroid dienone is 2. The Bertz CT molecular complexity index is 714. The van der Waals surface area contributed by atoms with Crippen LogP contribution in [-0.4, -0.2) is 46.7 Å². The molecule has 0 aliphatic heterocycles. The van der Waals surface area contributed by atoms with Crippen LogP contribution in [0.2, 0.25) is 0 Å². The second-order valence-electron chi connectivity index (χ2n) is 10.2. The average molecular weight is 475 g/mol. The molecule has 0 saturated heterocycles. The number of carbonyl (C=O) groups excluding carboxylic acids is 1. The zero-order chi connectivity index (χ0) is 24.9. The molecule has 192 valence electrons. The lowest BCUT2D eigenvalue weighted by Gasteiger charge is -2.27. The van der Waals surface area contributed by atoms with Gasteiger partial charge in [0.1, 0.15) is 0 Å². The van der Waals surface area contributed by atoms with Crippen molar-refractivity contribution in [3.8, 4) is 0 Å². The highest BCUT2D eigenvalue weighted by Crippen LogP contribution is 2.40. The molecule has 0 amide bonds. The average Bonchev–Trinajstić information content (AvgIpc) is 3.06. The van der Waals surface area contributed by atoms with Crippen LogP contribution in [0.25, 0.3) is 0 Å². The SMILES string of the molecule is CC(C)OC(=O)CCC/C=C\C[C@@H]1[C@@H](CC[C@@H](O)CCc2ccccc2)[C@H](OC(C)C)C[C@@H]1O. The summed E-state index contributed by atoms with van der Waals surface area (Å²) in [6, 6.07) is 10.3. The molecule has 0 bridgehead atoms. The van der Waals surface area contributed by atoms with Crippen LogP contribution in [-0.2, 0) is 20.7 Å². The van der Waals surface area contributed by atoms with Crippen LogP contribution in [0.15, 0.2) is 42.5 Å². The molecule has 5 heteroatoms. The number of hydrogen-bond acceptors (Lipinski definition) is 5. The lowest BCUT2D eigenvalue weighted by atomic mass is 9.85. The molecular weight excluding hydrogens is 428 g/mol. The van der Waals surface area contributed by atoms with Gasteiger partial charge in [-0.15, -0.1) is 0 Å². The molecule has 0 aromatic heterocycles. The molecule has 34 heavy (non-hydrogen) atoms. The number of aliphatic hydroxyl groups is 2. The minimum Gasteiger partial charge on any atom is -0.463 e. The summed E-state index contributed by atoms with van der Waals surface area (Å²) >= 11 is 0. The molecular formula is C29H46O5. The molecule has 2 N–H and O–H groups in total. The van der Waals surface area contributed by atoms with Gasteiger partial charge in [-0.2, -0.15) is 0 Å². The summed E-state index contributed by atoms with van der Waals surface area (Å²) in [5.74, 6) is 0.218. The van der Waals surface area contributed by atoms with Crippen molar-refractivity contribution < 1.29 is 24.5 Å². The van der Waals surface area contributed by atoms with E-state index in [-0.39, 0.29) is 48.3 Å². The molecule has 1 aromatic rings. The van der Waals surface area contributed by atoms with E-state index in [1.807, 2.05) is 45.9 Å². The largest absolute Gasteiger partial charge is 0.463 e. The summed E-state index contributed by atoms with van der Waals surface area (Å²) in [7, 11) is 0. The van der Waals surface area contributed by atoms with Gasteiger partial charge in [0.25, 0.3) is 0 Å². The summed E-state index contributed by atoms with van der Waals surface area (Å²) in [5, 5.41) is 21.4. The minimum absolute atomic E-state index is 0.0283. The Morgan fingerprint density at radius 2 is 1.79 bits per heavy atom. The van der Waals surface area contributed by atoms with Gasteiger partial charge in [0, 0.05) is 12.8 Å². The van der Waals surface area contributed by atoms with Gasteiger partial charge in [0.05, 0.1) is 30.5 Å². The van der Waals surface area contributed by atoms with E-state index >= 15 is 0 Å². The Hall–Kier alpha value is -1.69. The number of esters is 1. The fraction of sp³-hybridized carbons (Fsp3) is 0.690. The molecule has 0 radical (unpaired) electrons. The number of ether oxygens (including phenoxy) is 2. The van der Waals surface area contributed by atoms with Crippen LogP contribution in [0.3, 0.4) is 0 Å². The Morgan fingerprint density at radius 3 is 2.47 bits per heavy atom. The molecule has 5 nitrogen and oxygen atoms in total. The van der Waals surface area contributed by atoms with Crippen LogP contribution in [0.1, 0.15) is 84.6 Å². The van der Waals surface area contributed by atoms with Gasteiger partial charge in [-0.05, 0) is 90.0 Å². The maximum absolute atomic E-state index is 11.6. The van der Waals surface area contributed by atoms with E-state index in [1.165, 1.54) is 5.56 Å². The zero-order valence-corrected chi connectivity index (χ0v) is 21.6. The minimum atomic E-state index is -0.388. The first-order valence-electron chi connectivity index (χ1n) is 13.2. The summed E-state index contributed by atoms with van der Waals surface area (Å²) in [5.41, 5.74) is 1.25. The quantitative estimate of drug-likeness (QED) is 0.196. The predicted molar refractivity (Wildman–Crippen MR) is 136 cm³/mol. The van der Waals surface area contributed by atoms with Crippen molar-refractivity contribution in [1.29, 1.82) is 0 Å². The molecule has 1 aliphatic carbocycles. The van der Waals surface area contributed by atoms with E-state index in [4.69, 9.17) is 9.47 Å². The van der Waals surface area contributed by atoms with Crippen molar-refractivity contribution in [2.45, 2.75) is 116 Å². The molecule has 1 saturated carbocycles. The highest BCUT2D eigenvalue weighted by atomic mass is 16.5. The monoisotopic (exact) mass is 474 g/mol. The fourth-order valence-electron chi connectivity index (χ4n) is 4.95. The van der Waals surface area contributed by atoms with E-state index < -0.39 is 0 Å². The first-order valence-corrected chi connectivity index (χ1v) is 13.2. The Labute approximate surface area is 206 Å². The Morgan fingerprint density at radius 1 is 1.06 bits per heavy atom. The van der Waals surface area contributed by atoms with Crippen LogP contribution in [0, 0.1) is 11.8 Å². The molecule has 2 rings (SSSR count). The summed E-state index contributed by atoms with van der Waals surface area (Å²) in [4.78, 5) is 11.6. The lowest BCUT2D eigenvalue weighted by molar-refractivity contribution is -0.147. The first-order chi connectivity index (χ1) is 16.3. The highest BCUT2D eigenvalue weighted by Gasteiger charge is 2.42. The molecule has 0 heterocycles. The van der Waals surface area contributed by atoms with Crippen LogP contribution in [0.4, 0.5) is 0 Å². The standard InChI is InChI=1S/C29H46O5/c1-21(2)33-28-20-27(31)25(14-10-5-6-11-15-29(32)34-22(3)4)26(28)19-18-24(30)17-16-23-12-8-7-9-13-23/h5,7-10,12-13,21-22,24-28,30-31H,6,11,14-20H2,1-4H3/b10-5-/t24-,25+,26+,27-,28+/m0/s1. The third-order valence-electron chi connectivity index (χ3n) is 6.58. The fourth-order valence-corrected chi connectivity index (χ4v) is 4.95. The second kappa shape index (κ2) is 15.3. The van der Waals surface area contributed by atoms with E-state index in [2.05, 4.69) is 24.3 Å². The van der Waals surface area contributed by atoms with E-state index in [1.54, 1.807) is 0 Å². The van der Waals surface area contributed by atoms with Crippen LogP contribution < -0.4 is 0 Å². The topological polar surface area (TPSA) is 76.0 Å². The van der Waals surface area contributed by atoms with Crippen molar-refractivity contribution in [1.82, 2.24) is 0 Å². The summed E-state index contributed by atoms with van der Waals surface area (Å²) in [6.07, 6.45) is 10.3.